The van der Waals surface area contributed by atoms with Gasteiger partial charge in [-0.05, 0) is 13.0 Å². The molecule has 0 aliphatic carbocycles. The Morgan fingerprint density at radius 1 is 1.27 bits per heavy atom. The van der Waals surface area contributed by atoms with Crippen LogP contribution in [0.25, 0.3) is 10.9 Å². The highest BCUT2D eigenvalue weighted by Gasteiger charge is 2.25. The van der Waals surface area contributed by atoms with Crippen molar-refractivity contribution < 1.29 is 12.9 Å². The number of rotatable bonds is 1. The molecule has 0 aliphatic rings. The first-order chi connectivity index (χ1) is 6.89. The molecule has 0 atom stereocenters. The van der Waals surface area contributed by atoms with Gasteiger partial charge in [0.15, 0.2) is 0 Å². The van der Waals surface area contributed by atoms with Crippen LogP contribution in [0.2, 0.25) is 0 Å². The first-order valence-electron chi connectivity index (χ1n) is 4.53. The van der Waals surface area contributed by atoms with Crippen molar-refractivity contribution in [3.05, 3.63) is 23.9 Å². The quantitative estimate of drug-likeness (QED) is 0.661. The molecule has 0 N–H and O–H groups in total. The normalized spacial score (nSPS) is 12.3. The molecule has 0 unspecified atom stereocenters. The van der Waals surface area contributed by atoms with Crippen molar-refractivity contribution >= 4 is 23.3 Å². The third kappa shape index (κ3) is 1.60. The fourth-order valence-corrected chi connectivity index (χ4v) is 1.66. The molecule has 0 bridgehead atoms. The summed E-state index contributed by atoms with van der Waals surface area (Å²) in [6.45, 7) is -3.22. The van der Waals surface area contributed by atoms with Crippen LogP contribution in [0.15, 0.2) is 18.2 Å². The number of aromatic nitrogens is 2. The summed E-state index contributed by atoms with van der Waals surface area (Å²) in [4.78, 5) is 0. The summed E-state index contributed by atoms with van der Waals surface area (Å²) in [6.07, 6.45) is 0. The van der Waals surface area contributed by atoms with E-state index in [1.165, 1.54) is 6.07 Å². The predicted molar refractivity (Wildman–Crippen MR) is 54.2 cm³/mol. The van der Waals surface area contributed by atoms with Crippen molar-refractivity contribution in [1.82, 2.24) is 9.78 Å². The van der Waals surface area contributed by atoms with E-state index in [0.717, 1.165) is 17.6 Å². The van der Waals surface area contributed by atoms with E-state index in [1.54, 1.807) is 18.7 Å². The van der Waals surface area contributed by atoms with Crippen LogP contribution in [-0.2, 0) is 7.05 Å². The van der Waals surface area contributed by atoms with E-state index < -0.39 is 12.4 Å². The van der Waals surface area contributed by atoms with Gasteiger partial charge < -0.3 is 12.9 Å². The maximum atomic E-state index is 12.5. The Morgan fingerprint density at radius 2 is 1.93 bits per heavy atom. The van der Waals surface area contributed by atoms with E-state index in [4.69, 9.17) is 0 Å². The molecule has 1 aromatic carbocycles. The second-order valence-corrected chi connectivity index (χ2v) is 3.56. The van der Waals surface area contributed by atoms with Crippen molar-refractivity contribution in [2.24, 2.45) is 7.05 Å². The van der Waals surface area contributed by atoms with E-state index in [9.17, 15) is 12.9 Å². The highest BCUT2D eigenvalue weighted by atomic mass is 19.4. The summed E-state index contributed by atoms with van der Waals surface area (Å²) in [5.74, 6) is 0. The number of hydrogen-bond donors (Lipinski definition) is 0. The third-order valence-electron chi connectivity index (χ3n) is 2.44. The van der Waals surface area contributed by atoms with Gasteiger partial charge in [0.2, 0.25) is 0 Å². The van der Waals surface area contributed by atoms with E-state index in [0.29, 0.717) is 11.1 Å². The third-order valence-corrected chi connectivity index (χ3v) is 2.44. The fourth-order valence-electron chi connectivity index (χ4n) is 1.66. The van der Waals surface area contributed by atoms with Gasteiger partial charge in [-0.25, -0.2) is 0 Å². The summed E-state index contributed by atoms with van der Waals surface area (Å²) >= 11 is 0. The van der Waals surface area contributed by atoms with E-state index in [-0.39, 0.29) is 0 Å². The van der Waals surface area contributed by atoms with Crippen LogP contribution in [0.4, 0.5) is 12.9 Å². The fraction of sp³-hybridized carbons (Fsp3) is 0.222. The number of aryl methyl sites for hydroxylation is 2. The number of benzene rings is 1. The molecule has 0 saturated heterocycles. The molecule has 2 nitrogen and oxygen atoms in total. The highest BCUT2D eigenvalue weighted by Crippen LogP contribution is 2.18. The van der Waals surface area contributed by atoms with Gasteiger partial charge in [0.05, 0.1) is 11.2 Å². The van der Waals surface area contributed by atoms with Crippen molar-refractivity contribution in [2.75, 3.05) is 0 Å². The second kappa shape index (κ2) is 3.02. The summed E-state index contributed by atoms with van der Waals surface area (Å²) < 4.78 is 39.0. The summed E-state index contributed by atoms with van der Waals surface area (Å²) in [7, 11) is 1.72. The zero-order chi connectivity index (χ0) is 11.2. The van der Waals surface area contributed by atoms with Crippen molar-refractivity contribution in [2.45, 2.75) is 6.92 Å². The maximum absolute atomic E-state index is 12.5. The summed E-state index contributed by atoms with van der Waals surface area (Å²) in [5.41, 5.74) is 0.768. The van der Waals surface area contributed by atoms with Crippen LogP contribution < -0.4 is 5.46 Å². The Bertz CT molecular complexity index is 516. The van der Waals surface area contributed by atoms with Gasteiger partial charge in [-0.3, -0.25) is 4.68 Å². The minimum absolute atomic E-state index is 0.564. The Hall–Kier alpha value is -1.46. The Balaban J connectivity index is 2.71. The van der Waals surface area contributed by atoms with Crippen LogP contribution in [0.1, 0.15) is 5.69 Å². The summed E-state index contributed by atoms with van der Waals surface area (Å²) in [5, 5.41) is 4.63. The van der Waals surface area contributed by atoms with Crippen LogP contribution in [0.3, 0.4) is 0 Å². The molecule has 6 heteroatoms. The zero-order valence-electron chi connectivity index (χ0n) is 8.34. The molecule has 2 rings (SSSR count). The van der Waals surface area contributed by atoms with Crippen LogP contribution in [0.5, 0.6) is 0 Å². The molecule has 0 radical (unpaired) electrons. The Morgan fingerprint density at radius 3 is 2.53 bits per heavy atom. The van der Waals surface area contributed by atoms with E-state index >= 15 is 0 Å². The van der Waals surface area contributed by atoms with Crippen molar-refractivity contribution in [1.29, 1.82) is 0 Å². The number of nitrogens with zero attached hydrogens (tertiary/aromatic N) is 2. The average molecular weight is 213 g/mol. The lowest BCUT2D eigenvalue weighted by atomic mass is 9.79. The largest absolute Gasteiger partial charge is 0.509 e. The summed E-state index contributed by atoms with van der Waals surface area (Å²) in [6, 6.07) is 3.72. The van der Waals surface area contributed by atoms with Crippen LogP contribution in [0, 0.1) is 6.92 Å². The predicted octanol–water partition coefficient (Wildman–Crippen LogP) is 1.94. The molecular weight excluding hydrogens is 204 g/mol. The Labute approximate surface area is 84.8 Å². The molecule has 0 saturated carbocycles. The topological polar surface area (TPSA) is 17.8 Å². The lowest BCUT2D eigenvalue weighted by molar-refractivity contribution is 0.501. The van der Waals surface area contributed by atoms with E-state index in [1.807, 2.05) is 0 Å². The maximum Gasteiger partial charge on any atom is 0.509 e. The molecule has 1 heterocycles. The smallest absolute Gasteiger partial charge is 0.445 e. The van der Waals surface area contributed by atoms with Gasteiger partial charge in [0, 0.05) is 12.4 Å². The molecule has 80 valence electrons. The van der Waals surface area contributed by atoms with Gasteiger partial charge >= 0.3 is 6.98 Å². The minimum Gasteiger partial charge on any atom is -0.445 e. The lowest BCUT2D eigenvalue weighted by Gasteiger charge is -2.14. The van der Waals surface area contributed by atoms with E-state index in [2.05, 4.69) is 5.10 Å². The minimum atomic E-state index is -4.93. The second-order valence-electron chi connectivity index (χ2n) is 3.56. The van der Waals surface area contributed by atoms with Gasteiger partial charge in [-0.1, -0.05) is 12.1 Å². The first kappa shape index (κ1) is 10.1. The molecule has 0 amide bonds. The highest BCUT2D eigenvalue weighted by molar-refractivity contribution is 6.73. The SMILES string of the molecule is Cc1nn(C)c2ccc([B-](F)(F)F)cc12. The molecule has 2 aromatic rings. The van der Waals surface area contributed by atoms with Crippen LogP contribution >= 0.6 is 0 Å². The standard InChI is InChI=1S/C9H9BF3N2/c1-6-8-5-7(10(11,12)13)3-4-9(8)15(2)14-6/h3-5H,1-2H3/q-1. The average Bonchev–Trinajstić information content (AvgIpc) is 2.41. The number of fused-ring (bicyclic) bond motifs is 1. The molecule has 1 aromatic heterocycles. The Kier molecular flexibility index (Phi) is 2.03. The molecular formula is C9H9BF3N2-. The zero-order valence-corrected chi connectivity index (χ0v) is 8.34. The van der Waals surface area contributed by atoms with Crippen molar-refractivity contribution in [3.63, 3.8) is 0 Å². The monoisotopic (exact) mass is 213 g/mol. The number of halogens is 3. The first-order valence-corrected chi connectivity index (χ1v) is 4.53. The van der Waals surface area contributed by atoms with Gasteiger partial charge in [0.25, 0.3) is 0 Å². The molecule has 0 aliphatic heterocycles. The lowest BCUT2D eigenvalue weighted by Crippen LogP contribution is -2.33. The van der Waals surface area contributed by atoms with Gasteiger partial charge in [-0.2, -0.15) is 5.10 Å². The van der Waals surface area contributed by atoms with Crippen LogP contribution in [-0.4, -0.2) is 16.8 Å². The van der Waals surface area contributed by atoms with Crippen molar-refractivity contribution in [3.8, 4) is 0 Å². The van der Waals surface area contributed by atoms with Gasteiger partial charge in [-0.15, -0.1) is 5.46 Å². The molecule has 15 heavy (non-hydrogen) atoms. The number of hydrogen-bond acceptors (Lipinski definition) is 1. The molecule has 0 fully saturated rings. The molecule has 0 spiro atoms. The van der Waals surface area contributed by atoms with Gasteiger partial charge in [0.1, 0.15) is 0 Å².